The van der Waals surface area contributed by atoms with Crippen molar-refractivity contribution in [3.63, 3.8) is 0 Å². The first kappa shape index (κ1) is 35.2. The molecule has 0 saturated carbocycles. The Morgan fingerprint density at radius 1 is 0.980 bits per heavy atom. The fraction of sp³-hybridized carbons (Fsp3) is 0.235. The second-order valence-electron chi connectivity index (χ2n) is 11.1. The number of carbonyl (C=O) groups is 1. The smallest absolute Gasteiger partial charge is 0.416 e. The molecule has 2 N–H and O–H groups in total. The molecule has 0 fully saturated rings. The van der Waals surface area contributed by atoms with Gasteiger partial charge < -0.3 is 19.9 Å². The second kappa shape index (κ2) is 15.4. The van der Waals surface area contributed by atoms with E-state index < -0.39 is 41.7 Å². The van der Waals surface area contributed by atoms with E-state index in [0.717, 1.165) is 12.1 Å². The molecule has 0 radical (unpaired) electrons. The number of ether oxygens (including phenoxy) is 2. The number of hydrogen-bond donors (Lipinski definition) is 2. The first-order valence-electron chi connectivity index (χ1n) is 15.1. The number of nitrogens with zero attached hydrogens (tertiary/aromatic N) is 7. The lowest BCUT2D eigenvalue weighted by Gasteiger charge is -2.32. The number of azide groups is 2. The van der Waals surface area contributed by atoms with E-state index in [2.05, 4.69) is 25.4 Å². The summed E-state index contributed by atoms with van der Waals surface area (Å²) in [6, 6.07) is 21.3. The van der Waals surface area contributed by atoms with Crippen LogP contribution in [0, 0.1) is 5.82 Å². The molecule has 0 aliphatic carbocycles. The van der Waals surface area contributed by atoms with E-state index in [1.165, 1.54) is 12.1 Å². The standard InChI is InChI=1S/C34H28F4N8O4/c35-25-17-21(16-24(18-25)34(36,37)38)20-41-32(48)33(19-23-6-1-3-8-28(23)43-45-39)30(27-7-2-4-9-29(27)44-46-40)50-31(42-33)22-10-12-26(13-11-22)49-15-5-14-47/h1-4,6-13,16-18,30,47H,5,14-15,19-20H2,(H,41,48)/t30-,33-/m1/s1. The third-order valence-corrected chi connectivity index (χ3v) is 7.74. The average molecular weight is 689 g/mol. The van der Waals surface area contributed by atoms with E-state index in [4.69, 9.17) is 19.6 Å². The molecule has 0 saturated heterocycles. The summed E-state index contributed by atoms with van der Waals surface area (Å²) in [6.45, 7) is -0.291. The lowest BCUT2D eigenvalue weighted by molar-refractivity contribution is -0.137. The van der Waals surface area contributed by atoms with Crippen molar-refractivity contribution in [2.75, 3.05) is 13.2 Å². The molecule has 16 heteroatoms. The fourth-order valence-corrected chi connectivity index (χ4v) is 5.46. The Labute approximate surface area is 282 Å². The largest absolute Gasteiger partial charge is 0.494 e. The molecular weight excluding hydrogens is 660 g/mol. The zero-order valence-corrected chi connectivity index (χ0v) is 26.1. The van der Waals surface area contributed by atoms with Crippen LogP contribution >= 0.6 is 0 Å². The average Bonchev–Trinajstić information content (AvgIpc) is 3.48. The molecule has 0 aromatic heterocycles. The highest BCUT2D eigenvalue weighted by atomic mass is 19.4. The van der Waals surface area contributed by atoms with Crippen LogP contribution in [0.25, 0.3) is 20.9 Å². The number of nitrogens with one attached hydrogen (secondary N) is 1. The number of halogens is 4. The maximum absolute atomic E-state index is 14.6. The number of hydrogen-bond acceptors (Lipinski definition) is 7. The van der Waals surface area contributed by atoms with Gasteiger partial charge in [-0.25, -0.2) is 9.38 Å². The Hall–Kier alpha value is -6.08. The van der Waals surface area contributed by atoms with Gasteiger partial charge in [-0.05, 0) is 64.7 Å². The highest BCUT2D eigenvalue weighted by Crippen LogP contribution is 2.46. The van der Waals surface area contributed by atoms with E-state index in [0.29, 0.717) is 29.4 Å². The molecule has 2 atom stereocenters. The number of aliphatic hydroxyl groups excluding tert-OH is 1. The lowest BCUT2D eigenvalue weighted by Crippen LogP contribution is -2.49. The zero-order valence-electron chi connectivity index (χ0n) is 26.1. The van der Waals surface area contributed by atoms with Crippen LogP contribution in [0.3, 0.4) is 0 Å². The number of aliphatic hydroxyl groups is 1. The van der Waals surface area contributed by atoms with Gasteiger partial charge in [0.05, 0.1) is 12.2 Å². The van der Waals surface area contributed by atoms with Crippen LogP contribution in [-0.4, -0.2) is 35.7 Å². The molecule has 50 heavy (non-hydrogen) atoms. The Kier molecular flexibility index (Phi) is 10.9. The molecule has 0 unspecified atom stereocenters. The van der Waals surface area contributed by atoms with Gasteiger partial charge >= 0.3 is 6.18 Å². The Balaban J connectivity index is 1.65. The first-order chi connectivity index (χ1) is 24.1. The Morgan fingerprint density at radius 3 is 2.36 bits per heavy atom. The summed E-state index contributed by atoms with van der Waals surface area (Å²) in [7, 11) is 0. The third kappa shape index (κ3) is 7.96. The number of benzene rings is 4. The van der Waals surface area contributed by atoms with Crippen LogP contribution in [0.1, 0.15) is 40.3 Å². The third-order valence-electron chi connectivity index (χ3n) is 7.74. The molecule has 1 aliphatic heterocycles. The van der Waals surface area contributed by atoms with Crippen LogP contribution in [-0.2, 0) is 28.7 Å². The zero-order chi connectivity index (χ0) is 35.7. The second-order valence-corrected chi connectivity index (χ2v) is 11.1. The van der Waals surface area contributed by atoms with E-state index >= 15 is 0 Å². The van der Waals surface area contributed by atoms with E-state index in [1.807, 2.05) is 0 Å². The van der Waals surface area contributed by atoms with E-state index in [-0.39, 0.29) is 48.0 Å². The fourth-order valence-electron chi connectivity index (χ4n) is 5.46. The van der Waals surface area contributed by atoms with Crippen LogP contribution < -0.4 is 10.1 Å². The molecule has 1 aliphatic rings. The molecule has 0 bridgehead atoms. The van der Waals surface area contributed by atoms with Crippen LogP contribution in [0.2, 0.25) is 0 Å². The highest BCUT2D eigenvalue weighted by Gasteiger charge is 2.54. The van der Waals surface area contributed by atoms with Crippen LogP contribution in [0.5, 0.6) is 5.75 Å². The molecule has 256 valence electrons. The summed E-state index contributed by atoms with van der Waals surface area (Å²) in [5, 5.41) is 19.2. The maximum atomic E-state index is 14.6. The van der Waals surface area contributed by atoms with Gasteiger partial charge in [-0.2, -0.15) is 13.2 Å². The van der Waals surface area contributed by atoms with Crippen molar-refractivity contribution < 1.29 is 36.9 Å². The number of alkyl halides is 3. The molecule has 1 amide bonds. The highest BCUT2D eigenvalue weighted by molar-refractivity contribution is 6.01. The quantitative estimate of drug-likeness (QED) is 0.0472. The summed E-state index contributed by atoms with van der Waals surface area (Å²) in [6.07, 6.45) is -5.96. The van der Waals surface area contributed by atoms with Gasteiger partial charge in [-0.1, -0.05) is 58.8 Å². The summed E-state index contributed by atoms with van der Waals surface area (Å²) in [5.41, 5.74) is 16.6. The topological polar surface area (TPSA) is 178 Å². The predicted molar refractivity (Wildman–Crippen MR) is 174 cm³/mol. The van der Waals surface area contributed by atoms with Crippen molar-refractivity contribution in [2.24, 2.45) is 15.2 Å². The summed E-state index contributed by atoms with van der Waals surface area (Å²) in [4.78, 5) is 25.2. The van der Waals surface area contributed by atoms with Gasteiger partial charge in [-0.3, -0.25) is 4.79 Å². The predicted octanol–water partition coefficient (Wildman–Crippen LogP) is 8.31. The minimum Gasteiger partial charge on any atom is -0.494 e. The SMILES string of the molecule is [N-]=[N+]=Nc1ccccc1C[C@@]1(C(=O)NCc2cc(F)cc(C(F)(F)F)c2)N=C(c2ccc(OCCCO)cc2)O[C@@H]1c1ccccc1N=[N+]=[N-]. The van der Waals surface area contributed by atoms with Gasteiger partial charge in [0.1, 0.15) is 11.6 Å². The molecule has 12 nitrogen and oxygen atoms in total. The summed E-state index contributed by atoms with van der Waals surface area (Å²) in [5.74, 6) is -1.48. The minimum atomic E-state index is -4.83. The van der Waals surface area contributed by atoms with Crippen molar-refractivity contribution >= 4 is 23.2 Å². The van der Waals surface area contributed by atoms with Crippen molar-refractivity contribution in [1.29, 1.82) is 0 Å². The van der Waals surface area contributed by atoms with Gasteiger partial charge in [-0.15, -0.1) is 0 Å². The van der Waals surface area contributed by atoms with Gasteiger partial charge in [0.15, 0.2) is 11.6 Å². The van der Waals surface area contributed by atoms with Gasteiger partial charge in [0.25, 0.3) is 5.91 Å². The first-order valence-corrected chi connectivity index (χ1v) is 15.1. The minimum absolute atomic E-state index is 0.00539. The monoisotopic (exact) mass is 688 g/mol. The molecule has 1 heterocycles. The van der Waals surface area contributed by atoms with E-state index in [1.54, 1.807) is 60.7 Å². The number of rotatable bonds is 13. The van der Waals surface area contributed by atoms with Gasteiger partial charge in [0.2, 0.25) is 5.90 Å². The molecular formula is C34H28F4N8O4. The maximum Gasteiger partial charge on any atom is 0.416 e. The van der Waals surface area contributed by atoms with E-state index in [9.17, 15) is 33.4 Å². The summed E-state index contributed by atoms with van der Waals surface area (Å²) >= 11 is 0. The number of aliphatic imine (C=N–C) groups is 1. The van der Waals surface area contributed by atoms with Gasteiger partial charge in [0, 0.05) is 58.3 Å². The lowest BCUT2D eigenvalue weighted by atomic mass is 9.81. The van der Waals surface area contributed by atoms with Crippen molar-refractivity contribution in [3.8, 4) is 5.75 Å². The molecule has 4 aromatic rings. The van der Waals surface area contributed by atoms with Crippen LogP contribution in [0.15, 0.2) is 106 Å². The van der Waals surface area contributed by atoms with Crippen molar-refractivity contribution in [1.82, 2.24) is 5.32 Å². The van der Waals surface area contributed by atoms with Crippen molar-refractivity contribution in [2.45, 2.75) is 37.2 Å². The molecule has 5 rings (SSSR count). The number of carbonyl (C=O) groups excluding carboxylic acids is 1. The van der Waals surface area contributed by atoms with Crippen LogP contribution in [0.4, 0.5) is 28.9 Å². The molecule has 4 aromatic carbocycles. The normalized spacial score (nSPS) is 16.7. The molecule has 0 spiro atoms. The Bertz CT molecular complexity index is 1990. The Morgan fingerprint density at radius 2 is 1.66 bits per heavy atom. The summed E-state index contributed by atoms with van der Waals surface area (Å²) < 4.78 is 66.7. The van der Waals surface area contributed by atoms with Crippen molar-refractivity contribution in [3.05, 3.63) is 146 Å². The number of amides is 1.